The van der Waals surface area contributed by atoms with E-state index in [1.807, 2.05) is 17.0 Å². The minimum absolute atomic E-state index is 0.0432. The number of amides is 1. The predicted molar refractivity (Wildman–Crippen MR) is 90.8 cm³/mol. The van der Waals surface area contributed by atoms with Crippen LogP contribution in [0.4, 0.5) is 5.82 Å². The Labute approximate surface area is 143 Å². The summed E-state index contributed by atoms with van der Waals surface area (Å²) in [5, 5.41) is 0. The molecule has 1 saturated heterocycles. The fraction of sp³-hybridized carbons (Fsp3) is 0.312. The van der Waals surface area contributed by atoms with Gasteiger partial charge in [-0.05, 0) is 40.2 Å². The molecule has 0 saturated carbocycles. The lowest BCUT2D eigenvalue weighted by molar-refractivity contribution is 0.0742. The van der Waals surface area contributed by atoms with Crippen molar-refractivity contribution >= 4 is 27.7 Å². The number of piperazine rings is 1. The van der Waals surface area contributed by atoms with E-state index in [-0.39, 0.29) is 5.91 Å². The van der Waals surface area contributed by atoms with Crippen LogP contribution in [0.25, 0.3) is 0 Å². The molecule has 2 aromatic heterocycles. The van der Waals surface area contributed by atoms with Gasteiger partial charge in [0.2, 0.25) is 5.88 Å². The lowest BCUT2D eigenvalue weighted by atomic mass is 10.2. The number of rotatable bonds is 3. The molecule has 0 unspecified atom stereocenters. The molecule has 0 aromatic carbocycles. The SMILES string of the molecule is COc1ncccc1C(=O)N1CCN(c2ccc(Br)cn2)CC1. The lowest BCUT2D eigenvalue weighted by Gasteiger charge is -2.35. The van der Waals surface area contributed by atoms with E-state index in [1.165, 1.54) is 7.11 Å². The van der Waals surface area contributed by atoms with Crippen molar-refractivity contribution in [2.45, 2.75) is 0 Å². The van der Waals surface area contributed by atoms with Crippen LogP contribution in [0.15, 0.2) is 41.1 Å². The number of carbonyl (C=O) groups is 1. The first kappa shape index (κ1) is 15.7. The molecule has 0 N–H and O–H groups in total. The van der Waals surface area contributed by atoms with Gasteiger partial charge >= 0.3 is 0 Å². The van der Waals surface area contributed by atoms with E-state index in [0.717, 1.165) is 23.4 Å². The summed E-state index contributed by atoms with van der Waals surface area (Å²) >= 11 is 3.39. The maximum Gasteiger partial charge on any atom is 0.259 e. The summed E-state index contributed by atoms with van der Waals surface area (Å²) in [6, 6.07) is 7.45. The van der Waals surface area contributed by atoms with Gasteiger partial charge in [-0.15, -0.1) is 0 Å². The Morgan fingerprint density at radius 1 is 1.17 bits per heavy atom. The number of carbonyl (C=O) groups excluding carboxylic acids is 1. The second-order valence-corrected chi connectivity index (χ2v) is 6.09. The van der Waals surface area contributed by atoms with Gasteiger partial charge in [-0.2, -0.15) is 0 Å². The molecule has 23 heavy (non-hydrogen) atoms. The molecule has 0 aliphatic carbocycles. The van der Waals surface area contributed by atoms with Crippen molar-refractivity contribution in [1.29, 1.82) is 0 Å². The molecule has 3 heterocycles. The highest BCUT2D eigenvalue weighted by molar-refractivity contribution is 9.10. The zero-order chi connectivity index (χ0) is 16.2. The van der Waals surface area contributed by atoms with E-state index in [9.17, 15) is 4.79 Å². The average molecular weight is 377 g/mol. The van der Waals surface area contributed by atoms with Crippen LogP contribution >= 0.6 is 15.9 Å². The molecule has 6 nitrogen and oxygen atoms in total. The molecule has 7 heteroatoms. The molecule has 0 spiro atoms. The number of hydrogen-bond donors (Lipinski definition) is 0. The molecule has 0 atom stereocenters. The predicted octanol–water partition coefficient (Wildman–Crippen LogP) is 2.21. The van der Waals surface area contributed by atoms with Crippen LogP contribution < -0.4 is 9.64 Å². The molecule has 1 aliphatic heterocycles. The monoisotopic (exact) mass is 376 g/mol. The van der Waals surface area contributed by atoms with Crippen molar-refractivity contribution in [3.8, 4) is 5.88 Å². The lowest BCUT2D eigenvalue weighted by Crippen LogP contribution is -2.49. The Bertz CT molecular complexity index is 685. The van der Waals surface area contributed by atoms with Crippen LogP contribution in [0.2, 0.25) is 0 Å². The van der Waals surface area contributed by atoms with Crippen LogP contribution in [-0.4, -0.2) is 54.1 Å². The van der Waals surface area contributed by atoms with Crippen LogP contribution in [0.1, 0.15) is 10.4 Å². The minimum atomic E-state index is -0.0432. The standard InChI is InChI=1S/C16H17BrN4O2/c1-23-15-13(3-2-6-18-15)16(22)21-9-7-20(8-10-21)14-5-4-12(17)11-19-14/h2-6,11H,7-10H2,1H3. The third-order valence-corrected chi connectivity index (χ3v) is 4.27. The van der Waals surface area contributed by atoms with Crippen molar-refractivity contribution in [3.05, 3.63) is 46.7 Å². The molecule has 0 bridgehead atoms. The number of hydrogen-bond acceptors (Lipinski definition) is 5. The second-order valence-electron chi connectivity index (χ2n) is 5.17. The second kappa shape index (κ2) is 6.95. The summed E-state index contributed by atoms with van der Waals surface area (Å²) in [6.45, 7) is 2.80. The topological polar surface area (TPSA) is 58.6 Å². The van der Waals surface area contributed by atoms with Crippen molar-refractivity contribution in [2.24, 2.45) is 0 Å². The van der Waals surface area contributed by atoms with E-state index in [2.05, 4.69) is 30.8 Å². The number of aromatic nitrogens is 2. The van der Waals surface area contributed by atoms with Crippen LogP contribution in [0.5, 0.6) is 5.88 Å². The van der Waals surface area contributed by atoms with E-state index >= 15 is 0 Å². The summed E-state index contributed by atoms with van der Waals surface area (Å²) < 4.78 is 6.13. The van der Waals surface area contributed by atoms with Crippen molar-refractivity contribution in [2.75, 3.05) is 38.2 Å². The van der Waals surface area contributed by atoms with E-state index in [4.69, 9.17) is 4.74 Å². The van der Waals surface area contributed by atoms with Gasteiger partial charge in [-0.1, -0.05) is 0 Å². The van der Waals surface area contributed by atoms with Crippen molar-refractivity contribution in [3.63, 3.8) is 0 Å². The smallest absolute Gasteiger partial charge is 0.259 e. The number of pyridine rings is 2. The number of nitrogens with zero attached hydrogens (tertiary/aromatic N) is 4. The highest BCUT2D eigenvalue weighted by Crippen LogP contribution is 2.20. The molecule has 1 amide bonds. The maximum atomic E-state index is 12.6. The summed E-state index contributed by atoms with van der Waals surface area (Å²) in [4.78, 5) is 25.1. The Morgan fingerprint density at radius 2 is 1.96 bits per heavy atom. The Kier molecular flexibility index (Phi) is 4.76. The molecule has 1 fully saturated rings. The number of anilines is 1. The average Bonchev–Trinajstić information content (AvgIpc) is 2.62. The van der Waals surface area contributed by atoms with Gasteiger partial charge in [-0.25, -0.2) is 9.97 Å². The van der Waals surface area contributed by atoms with E-state index < -0.39 is 0 Å². The minimum Gasteiger partial charge on any atom is -0.480 e. The van der Waals surface area contributed by atoms with Crippen LogP contribution in [-0.2, 0) is 0 Å². The van der Waals surface area contributed by atoms with E-state index in [0.29, 0.717) is 24.5 Å². The van der Waals surface area contributed by atoms with Crippen molar-refractivity contribution < 1.29 is 9.53 Å². The third-order valence-electron chi connectivity index (χ3n) is 3.80. The fourth-order valence-electron chi connectivity index (χ4n) is 2.58. The summed E-state index contributed by atoms with van der Waals surface area (Å²) in [6.07, 6.45) is 3.40. The Morgan fingerprint density at radius 3 is 2.61 bits per heavy atom. The first-order valence-corrected chi connectivity index (χ1v) is 8.13. The van der Waals surface area contributed by atoms with Gasteiger partial charge in [0.25, 0.3) is 5.91 Å². The number of halogens is 1. The van der Waals surface area contributed by atoms with Crippen LogP contribution in [0.3, 0.4) is 0 Å². The van der Waals surface area contributed by atoms with Gasteiger partial charge in [0.1, 0.15) is 11.4 Å². The molecular weight excluding hydrogens is 360 g/mol. The van der Waals surface area contributed by atoms with E-state index in [1.54, 1.807) is 24.5 Å². The zero-order valence-electron chi connectivity index (χ0n) is 12.8. The van der Waals surface area contributed by atoms with Gasteiger partial charge in [0.15, 0.2) is 0 Å². The molecule has 2 aromatic rings. The third kappa shape index (κ3) is 3.44. The highest BCUT2D eigenvalue weighted by atomic mass is 79.9. The number of methoxy groups -OCH3 is 1. The fourth-order valence-corrected chi connectivity index (χ4v) is 2.81. The van der Waals surface area contributed by atoms with Gasteiger partial charge in [-0.3, -0.25) is 4.79 Å². The number of ether oxygens (including phenoxy) is 1. The largest absolute Gasteiger partial charge is 0.480 e. The first-order chi connectivity index (χ1) is 11.2. The Hall–Kier alpha value is -2.15. The molecular formula is C16H17BrN4O2. The maximum absolute atomic E-state index is 12.6. The summed E-state index contributed by atoms with van der Waals surface area (Å²) in [5.74, 6) is 1.26. The first-order valence-electron chi connectivity index (χ1n) is 7.34. The molecule has 120 valence electrons. The van der Waals surface area contributed by atoms with Gasteiger partial charge < -0.3 is 14.5 Å². The Balaban J connectivity index is 1.66. The van der Waals surface area contributed by atoms with Gasteiger partial charge in [0.05, 0.1) is 7.11 Å². The molecule has 0 radical (unpaired) electrons. The zero-order valence-corrected chi connectivity index (χ0v) is 14.4. The summed E-state index contributed by atoms with van der Waals surface area (Å²) in [5.41, 5.74) is 0.505. The molecule has 3 rings (SSSR count). The van der Waals surface area contributed by atoms with Crippen LogP contribution in [0, 0.1) is 0 Å². The summed E-state index contributed by atoms with van der Waals surface area (Å²) in [7, 11) is 1.52. The normalized spacial score (nSPS) is 14.7. The molecule has 1 aliphatic rings. The van der Waals surface area contributed by atoms with Crippen molar-refractivity contribution in [1.82, 2.24) is 14.9 Å². The highest BCUT2D eigenvalue weighted by Gasteiger charge is 2.25. The quantitative estimate of drug-likeness (QED) is 0.821. The van der Waals surface area contributed by atoms with Gasteiger partial charge in [0, 0.05) is 43.0 Å².